The maximum absolute atomic E-state index is 12.6. The predicted molar refractivity (Wildman–Crippen MR) is 88.4 cm³/mol. The van der Waals surface area contributed by atoms with Gasteiger partial charge in [0, 0.05) is 29.7 Å². The van der Waals surface area contributed by atoms with Gasteiger partial charge >= 0.3 is 0 Å². The lowest BCUT2D eigenvalue weighted by atomic mass is 10.1. The van der Waals surface area contributed by atoms with Crippen molar-refractivity contribution in [2.75, 3.05) is 33.7 Å². The van der Waals surface area contributed by atoms with Crippen LogP contribution in [0.5, 0.6) is 0 Å². The minimum Gasteiger partial charge on any atom is -0.337 e. The van der Waals surface area contributed by atoms with Gasteiger partial charge in [0.05, 0.1) is 5.02 Å². The van der Waals surface area contributed by atoms with Gasteiger partial charge in [0.2, 0.25) is 0 Å². The van der Waals surface area contributed by atoms with E-state index in [4.69, 9.17) is 11.6 Å². The van der Waals surface area contributed by atoms with Crippen molar-refractivity contribution < 1.29 is 4.79 Å². The van der Waals surface area contributed by atoms with Crippen LogP contribution < -0.4 is 0 Å². The lowest BCUT2D eigenvalue weighted by Crippen LogP contribution is -2.39. The molecule has 0 aliphatic rings. The van der Waals surface area contributed by atoms with Gasteiger partial charge in [-0.15, -0.1) is 0 Å². The van der Waals surface area contributed by atoms with E-state index < -0.39 is 0 Å². The molecule has 0 aliphatic heterocycles. The summed E-state index contributed by atoms with van der Waals surface area (Å²) in [6, 6.07) is 5.34. The average molecular weight is 362 g/mol. The first-order valence-electron chi connectivity index (χ1n) is 6.70. The molecule has 1 rings (SSSR count). The lowest BCUT2D eigenvalue weighted by Gasteiger charge is -2.26. The maximum atomic E-state index is 12.6. The van der Waals surface area contributed by atoms with E-state index in [0.717, 1.165) is 24.1 Å². The Morgan fingerprint density at radius 2 is 1.95 bits per heavy atom. The Morgan fingerprint density at radius 1 is 1.30 bits per heavy atom. The third-order valence-corrected chi connectivity index (χ3v) is 4.09. The quantitative estimate of drug-likeness (QED) is 0.770. The minimum atomic E-state index is 0.0370. The molecule has 0 bridgehead atoms. The molecule has 1 amide bonds. The first kappa shape index (κ1) is 17.5. The number of nitrogens with zero attached hydrogens (tertiary/aromatic N) is 2. The van der Waals surface area contributed by atoms with E-state index >= 15 is 0 Å². The number of benzene rings is 1. The highest BCUT2D eigenvalue weighted by Crippen LogP contribution is 2.24. The molecular weight excluding hydrogens is 340 g/mol. The average Bonchev–Trinajstić information content (AvgIpc) is 2.36. The van der Waals surface area contributed by atoms with Crippen LogP contribution in [0, 0.1) is 5.92 Å². The molecule has 112 valence electrons. The van der Waals surface area contributed by atoms with Crippen molar-refractivity contribution in [3.63, 3.8) is 0 Å². The van der Waals surface area contributed by atoms with Crippen molar-refractivity contribution in [1.82, 2.24) is 9.80 Å². The van der Waals surface area contributed by atoms with Crippen LogP contribution in [0.4, 0.5) is 0 Å². The number of hydrogen-bond acceptors (Lipinski definition) is 2. The molecule has 0 spiro atoms. The number of carbonyl (C=O) groups is 1. The van der Waals surface area contributed by atoms with Crippen molar-refractivity contribution in [1.29, 1.82) is 0 Å². The number of halogens is 2. The molecule has 1 aromatic rings. The van der Waals surface area contributed by atoms with Crippen LogP contribution in [0.2, 0.25) is 5.02 Å². The molecule has 3 nitrogen and oxygen atoms in total. The Kier molecular flexibility index (Phi) is 7.00. The second kappa shape index (κ2) is 8.01. The highest BCUT2D eigenvalue weighted by molar-refractivity contribution is 9.10. The van der Waals surface area contributed by atoms with Crippen LogP contribution in [0.1, 0.15) is 24.2 Å². The van der Waals surface area contributed by atoms with Gasteiger partial charge in [0.15, 0.2) is 0 Å². The molecule has 0 aliphatic carbocycles. The number of likely N-dealkylation sites (N-methyl/N-ethyl adjacent to an activating group) is 1. The van der Waals surface area contributed by atoms with Gasteiger partial charge < -0.3 is 9.80 Å². The third-order valence-electron chi connectivity index (χ3n) is 2.86. The van der Waals surface area contributed by atoms with Crippen LogP contribution in [-0.4, -0.2) is 49.4 Å². The summed E-state index contributed by atoms with van der Waals surface area (Å²) in [6.07, 6.45) is 0. The van der Waals surface area contributed by atoms with E-state index in [1.54, 1.807) is 12.1 Å². The molecule has 0 heterocycles. The number of hydrogen-bond donors (Lipinski definition) is 0. The van der Waals surface area contributed by atoms with E-state index in [9.17, 15) is 4.79 Å². The zero-order valence-electron chi connectivity index (χ0n) is 12.5. The predicted octanol–water partition coefficient (Wildman–Crippen LogP) is 3.76. The summed E-state index contributed by atoms with van der Waals surface area (Å²) in [5, 5.41) is 0.563. The Hall–Kier alpha value is -0.580. The number of carbonyl (C=O) groups excluding carboxylic acids is 1. The molecular formula is C15H22BrClN2O. The Labute approximate surface area is 135 Å². The van der Waals surface area contributed by atoms with E-state index in [1.807, 2.05) is 25.1 Å². The SMILES string of the molecule is CC(C)CN(CCN(C)C)C(=O)c1ccc(Br)c(Cl)c1. The molecule has 0 aromatic heterocycles. The summed E-state index contributed by atoms with van der Waals surface area (Å²) in [5.74, 6) is 0.474. The highest BCUT2D eigenvalue weighted by Gasteiger charge is 2.17. The fraction of sp³-hybridized carbons (Fsp3) is 0.533. The van der Waals surface area contributed by atoms with Crippen molar-refractivity contribution in [3.05, 3.63) is 33.3 Å². The fourth-order valence-electron chi connectivity index (χ4n) is 1.85. The van der Waals surface area contributed by atoms with E-state index in [1.165, 1.54) is 0 Å². The molecule has 5 heteroatoms. The molecule has 20 heavy (non-hydrogen) atoms. The molecule has 0 atom stereocenters. The fourth-order valence-corrected chi connectivity index (χ4v) is 2.28. The van der Waals surface area contributed by atoms with Gasteiger partial charge in [-0.1, -0.05) is 25.4 Å². The second-order valence-electron chi connectivity index (χ2n) is 5.58. The smallest absolute Gasteiger partial charge is 0.253 e. The summed E-state index contributed by atoms with van der Waals surface area (Å²) < 4.78 is 0.805. The van der Waals surface area contributed by atoms with Crippen LogP contribution >= 0.6 is 27.5 Å². The molecule has 0 fully saturated rings. The van der Waals surface area contributed by atoms with Gasteiger partial charge in [-0.2, -0.15) is 0 Å². The van der Waals surface area contributed by atoms with Gasteiger partial charge in [-0.3, -0.25) is 4.79 Å². The van der Waals surface area contributed by atoms with Crippen molar-refractivity contribution in [2.45, 2.75) is 13.8 Å². The zero-order valence-corrected chi connectivity index (χ0v) is 14.8. The van der Waals surface area contributed by atoms with E-state index in [-0.39, 0.29) is 5.91 Å². The van der Waals surface area contributed by atoms with Crippen molar-refractivity contribution in [3.8, 4) is 0 Å². The molecule has 0 saturated heterocycles. The molecule has 0 radical (unpaired) electrons. The standard InChI is InChI=1S/C15H22BrClN2O/c1-11(2)10-19(8-7-18(3)4)15(20)12-5-6-13(16)14(17)9-12/h5-6,9,11H,7-8,10H2,1-4H3. The summed E-state index contributed by atoms with van der Waals surface area (Å²) in [7, 11) is 4.02. The summed E-state index contributed by atoms with van der Waals surface area (Å²) in [4.78, 5) is 16.6. The molecule has 0 unspecified atom stereocenters. The summed E-state index contributed by atoms with van der Waals surface area (Å²) in [6.45, 7) is 6.55. The molecule has 0 N–H and O–H groups in total. The summed E-state index contributed by atoms with van der Waals surface area (Å²) >= 11 is 9.41. The van der Waals surface area contributed by atoms with Crippen LogP contribution in [0.25, 0.3) is 0 Å². The Balaban J connectivity index is 2.87. The Morgan fingerprint density at radius 3 is 2.45 bits per heavy atom. The highest BCUT2D eigenvalue weighted by atomic mass is 79.9. The molecule has 0 saturated carbocycles. The van der Waals surface area contributed by atoms with E-state index in [2.05, 4.69) is 34.7 Å². The monoisotopic (exact) mass is 360 g/mol. The third kappa shape index (κ3) is 5.43. The van der Waals surface area contributed by atoms with Gasteiger partial charge in [-0.25, -0.2) is 0 Å². The zero-order chi connectivity index (χ0) is 15.3. The normalized spacial score (nSPS) is 11.2. The largest absolute Gasteiger partial charge is 0.337 e. The summed E-state index contributed by atoms with van der Waals surface area (Å²) in [5.41, 5.74) is 0.637. The maximum Gasteiger partial charge on any atom is 0.253 e. The first-order chi connectivity index (χ1) is 9.31. The van der Waals surface area contributed by atoms with Crippen LogP contribution in [0.3, 0.4) is 0 Å². The van der Waals surface area contributed by atoms with Crippen LogP contribution in [0.15, 0.2) is 22.7 Å². The molecule has 1 aromatic carbocycles. The minimum absolute atomic E-state index is 0.0370. The number of rotatable bonds is 6. The van der Waals surface area contributed by atoms with E-state index in [0.29, 0.717) is 16.5 Å². The second-order valence-corrected chi connectivity index (χ2v) is 6.84. The number of amides is 1. The topological polar surface area (TPSA) is 23.6 Å². The Bertz CT molecular complexity index is 463. The lowest BCUT2D eigenvalue weighted by molar-refractivity contribution is 0.0724. The van der Waals surface area contributed by atoms with Crippen molar-refractivity contribution in [2.24, 2.45) is 5.92 Å². The first-order valence-corrected chi connectivity index (χ1v) is 7.87. The van der Waals surface area contributed by atoms with Gasteiger partial charge in [0.25, 0.3) is 5.91 Å². The van der Waals surface area contributed by atoms with Gasteiger partial charge in [-0.05, 0) is 54.1 Å². The van der Waals surface area contributed by atoms with Gasteiger partial charge in [0.1, 0.15) is 0 Å². The van der Waals surface area contributed by atoms with Crippen molar-refractivity contribution >= 4 is 33.4 Å². The van der Waals surface area contributed by atoms with Crippen LogP contribution in [-0.2, 0) is 0 Å².